The van der Waals surface area contributed by atoms with Crippen molar-refractivity contribution in [1.82, 2.24) is 4.98 Å². The lowest BCUT2D eigenvalue weighted by Crippen LogP contribution is -2.13. The van der Waals surface area contributed by atoms with Gasteiger partial charge in [0.15, 0.2) is 0 Å². The summed E-state index contributed by atoms with van der Waals surface area (Å²) in [6.07, 6.45) is -4.41. The Balaban J connectivity index is 2.14. The third kappa shape index (κ3) is 3.34. The Kier molecular flexibility index (Phi) is 3.74. The molecule has 104 valence electrons. The molecule has 0 aliphatic rings. The third-order valence-corrected chi connectivity index (χ3v) is 2.60. The van der Waals surface area contributed by atoms with Gasteiger partial charge in [0.2, 0.25) is 0 Å². The molecule has 0 bridgehead atoms. The molecule has 3 nitrogen and oxygen atoms in total. The Morgan fingerprint density at radius 2 is 1.75 bits per heavy atom. The van der Waals surface area contributed by atoms with Crippen LogP contribution in [0.5, 0.6) is 0 Å². The van der Waals surface area contributed by atoms with Gasteiger partial charge in [-0.2, -0.15) is 13.2 Å². The van der Waals surface area contributed by atoms with Crippen LogP contribution in [-0.2, 0) is 6.18 Å². The first kappa shape index (κ1) is 14.0. The van der Waals surface area contributed by atoms with Crippen LogP contribution in [0.3, 0.4) is 0 Å². The molecule has 0 spiro atoms. The molecule has 2 aromatic rings. The first-order valence-corrected chi connectivity index (χ1v) is 5.78. The Morgan fingerprint density at radius 3 is 2.30 bits per heavy atom. The van der Waals surface area contributed by atoms with E-state index in [4.69, 9.17) is 0 Å². The first-order valence-electron chi connectivity index (χ1n) is 5.78. The van der Waals surface area contributed by atoms with Gasteiger partial charge in [-0.15, -0.1) is 0 Å². The lowest BCUT2D eigenvalue weighted by Gasteiger charge is -2.08. The molecule has 2 rings (SSSR count). The molecule has 0 atom stereocenters. The molecule has 0 radical (unpaired) electrons. The quantitative estimate of drug-likeness (QED) is 0.912. The number of aromatic nitrogens is 1. The fourth-order valence-electron chi connectivity index (χ4n) is 1.61. The van der Waals surface area contributed by atoms with Crippen LogP contribution in [0.25, 0.3) is 0 Å². The zero-order valence-corrected chi connectivity index (χ0v) is 10.5. The molecule has 0 saturated heterocycles. The second-order valence-corrected chi connectivity index (χ2v) is 4.19. The van der Waals surface area contributed by atoms with Crippen molar-refractivity contribution in [1.29, 1.82) is 0 Å². The molecular formula is C14H11F3N2O. The molecule has 0 fully saturated rings. The van der Waals surface area contributed by atoms with Crippen molar-refractivity contribution in [2.75, 3.05) is 5.32 Å². The van der Waals surface area contributed by atoms with E-state index in [0.717, 1.165) is 30.0 Å². The van der Waals surface area contributed by atoms with Crippen molar-refractivity contribution in [2.24, 2.45) is 0 Å². The monoisotopic (exact) mass is 280 g/mol. The Hall–Kier alpha value is -2.37. The van der Waals surface area contributed by atoms with Gasteiger partial charge in [-0.25, -0.2) is 4.98 Å². The molecule has 0 saturated carbocycles. The van der Waals surface area contributed by atoms with Gasteiger partial charge in [-0.1, -0.05) is 6.07 Å². The van der Waals surface area contributed by atoms with Gasteiger partial charge < -0.3 is 5.32 Å². The van der Waals surface area contributed by atoms with Crippen LogP contribution in [0.4, 0.5) is 19.0 Å². The zero-order valence-electron chi connectivity index (χ0n) is 10.5. The van der Waals surface area contributed by atoms with Gasteiger partial charge >= 0.3 is 6.18 Å². The minimum absolute atomic E-state index is 0.140. The van der Waals surface area contributed by atoms with E-state index < -0.39 is 17.6 Å². The molecule has 1 amide bonds. The number of hydrogen-bond acceptors (Lipinski definition) is 2. The fourth-order valence-corrected chi connectivity index (χ4v) is 1.61. The van der Waals surface area contributed by atoms with Crippen LogP contribution in [0.15, 0.2) is 42.5 Å². The number of rotatable bonds is 2. The van der Waals surface area contributed by atoms with Gasteiger partial charge in [0.25, 0.3) is 5.91 Å². The normalized spacial score (nSPS) is 11.2. The third-order valence-electron chi connectivity index (χ3n) is 2.60. The van der Waals surface area contributed by atoms with E-state index in [9.17, 15) is 18.0 Å². The number of aryl methyl sites for hydroxylation is 1. The number of nitrogens with one attached hydrogen (secondary N) is 1. The Labute approximate surface area is 113 Å². The van der Waals surface area contributed by atoms with Gasteiger partial charge in [0.1, 0.15) is 5.82 Å². The number of nitrogens with zero attached hydrogens (tertiary/aromatic N) is 1. The number of anilines is 1. The topological polar surface area (TPSA) is 42.0 Å². The van der Waals surface area contributed by atoms with E-state index in [0.29, 0.717) is 5.82 Å². The lowest BCUT2D eigenvalue weighted by molar-refractivity contribution is -0.137. The Morgan fingerprint density at radius 1 is 1.10 bits per heavy atom. The van der Waals surface area contributed by atoms with Crippen molar-refractivity contribution in [2.45, 2.75) is 13.1 Å². The molecule has 0 unspecified atom stereocenters. The lowest BCUT2D eigenvalue weighted by atomic mass is 10.1. The fraction of sp³-hybridized carbons (Fsp3) is 0.143. The maximum atomic E-state index is 12.4. The smallest absolute Gasteiger partial charge is 0.307 e. The number of amides is 1. The number of benzene rings is 1. The molecule has 20 heavy (non-hydrogen) atoms. The summed E-state index contributed by atoms with van der Waals surface area (Å²) in [6, 6.07) is 9.12. The van der Waals surface area contributed by atoms with Crippen molar-refractivity contribution in [3.63, 3.8) is 0 Å². The number of pyridine rings is 1. The SMILES string of the molecule is Cc1cccc(NC(=O)c2ccc(C(F)(F)F)cc2)n1. The predicted molar refractivity (Wildman–Crippen MR) is 68.4 cm³/mol. The van der Waals surface area contributed by atoms with Crippen molar-refractivity contribution in [3.8, 4) is 0 Å². The molecule has 0 aliphatic carbocycles. The summed E-state index contributed by atoms with van der Waals surface area (Å²) >= 11 is 0. The minimum atomic E-state index is -4.41. The van der Waals surface area contributed by atoms with E-state index in [1.165, 1.54) is 0 Å². The molecule has 1 aromatic carbocycles. The highest BCUT2D eigenvalue weighted by atomic mass is 19.4. The van der Waals surface area contributed by atoms with Crippen LogP contribution in [-0.4, -0.2) is 10.9 Å². The first-order chi connectivity index (χ1) is 9.36. The average Bonchev–Trinajstić information content (AvgIpc) is 2.38. The molecular weight excluding hydrogens is 269 g/mol. The van der Waals surface area contributed by atoms with Crippen LogP contribution < -0.4 is 5.32 Å². The highest BCUT2D eigenvalue weighted by Crippen LogP contribution is 2.29. The van der Waals surface area contributed by atoms with E-state index >= 15 is 0 Å². The minimum Gasteiger partial charge on any atom is -0.307 e. The van der Waals surface area contributed by atoms with Crippen molar-refractivity contribution < 1.29 is 18.0 Å². The second kappa shape index (κ2) is 5.32. The summed E-state index contributed by atoms with van der Waals surface area (Å²) in [5.74, 6) is -0.147. The summed E-state index contributed by atoms with van der Waals surface area (Å²) in [6.45, 7) is 1.77. The highest BCUT2D eigenvalue weighted by molar-refractivity contribution is 6.03. The molecule has 1 N–H and O–H groups in total. The molecule has 0 aliphatic heterocycles. The van der Waals surface area contributed by atoms with E-state index in [1.54, 1.807) is 25.1 Å². The van der Waals surface area contributed by atoms with Gasteiger partial charge in [-0.05, 0) is 43.3 Å². The summed E-state index contributed by atoms with van der Waals surface area (Å²) in [5, 5.41) is 2.53. The maximum absolute atomic E-state index is 12.4. The highest BCUT2D eigenvalue weighted by Gasteiger charge is 2.30. The average molecular weight is 280 g/mol. The van der Waals surface area contributed by atoms with Crippen LogP contribution in [0.2, 0.25) is 0 Å². The predicted octanol–water partition coefficient (Wildman–Crippen LogP) is 3.66. The van der Waals surface area contributed by atoms with Gasteiger partial charge in [-0.3, -0.25) is 4.79 Å². The number of alkyl halides is 3. The standard InChI is InChI=1S/C14H11F3N2O/c1-9-3-2-4-12(18-9)19-13(20)10-5-7-11(8-6-10)14(15,16)17/h2-8H,1H3,(H,18,19,20). The summed E-state index contributed by atoms with van der Waals surface area (Å²) in [7, 11) is 0. The molecule has 1 aromatic heterocycles. The number of carbonyl (C=O) groups is 1. The number of halogens is 3. The van der Waals surface area contributed by atoms with E-state index in [1.807, 2.05) is 0 Å². The second-order valence-electron chi connectivity index (χ2n) is 4.19. The van der Waals surface area contributed by atoms with Gasteiger partial charge in [0.05, 0.1) is 5.56 Å². The van der Waals surface area contributed by atoms with Crippen molar-refractivity contribution >= 4 is 11.7 Å². The maximum Gasteiger partial charge on any atom is 0.416 e. The molecule has 6 heteroatoms. The Bertz CT molecular complexity index is 621. The van der Waals surface area contributed by atoms with Gasteiger partial charge in [0, 0.05) is 11.3 Å². The van der Waals surface area contributed by atoms with E-state index in [-0.39, 0.29) is 5.56 Å². The van der Waals surface area contributed by atoms with Crippen LogP contribution in [0, 0.1) is 6.92 Å². The summed E-state index contributed by atoms with van der Waals surface area (Å²) in [5.41, 5.74) is 0.0826. The number of carbonyl (C=O) groups excluding carboxylic acids is 1. The summed E-state index contributed by atoms with van der Waals surface area (Å²) < 4.78 is 37.2. The van der Waals surface area contributed by atoms with Crippen LogP contribution in [0.1, 0.15) is 21.6 Å². The molecule has 1 heterocycles. The summed E-state index contributed by atoms with van der Waals surface area (Å²) in [4.78, 5) is 15.9. The number of hydrogen-bond donors (Lipinski definition) is 1. The van der Waals surface area contributed by atoms with Crippen molar-refractivity contribution in [3.05, 3.63) is 59.3 Å². The van der Waals surface area contributed by atoms with E-state index in [2.05, 4.69) is 10.3 Å². The van der Waals surface area contributed by atoms with Crippen LogP contribution >= 0.6 is 0 Å². The largest absolute Gasteiger partial charge is 0.416 e. The zero-order chi connectivity index (χ0) is 14.8.